The normalized spacial score (nSPS) is 14.2. The van der Waals surface area contributed by atoms with Crippen molar-refractivity contribution in [2.24, 2.45) is 0 Å². The first kappa shape index (κ1) is 22.1. The molecule has 0 unspecified atom stereocenters. The lowest BCUT2D eigenvalue weighted by Gasteiger charge is -2.19. The van der Waals surface area contributed by atoms with Crippen molar-refractivity contribution in [1.29, 1.82) is 0 Å². The van der Waals surface area contributed by atoms with E-state index < -0.39 is 0 Å². The highest BCUT2D eigenvalue weighted by Crippen LogP contribution is 2.28. The number of carbonyl (C=O) groups is 2. The molecule has 0 bridgehead atoms. The predicted octanol–water partition coefficient (Wildman–Crippen LogP) is 3.93. The number of hydrogen-bond donors (Lipinski definition) is 1. The third-order valence-electron chi connectivity index (χ3n) is 5.39. The van der Waals surface area contributed by atoms with Crippen LogP contribution in [0.5, 0.6) is 0 Å². The molecule has 3 amide bonds. The van der Waals surface area contributed by atoms with Crippen LogP contribution in [0.2, 0.25) is 0 Å². The molecule has 0 radical (unpaired) electrons. The SMILES string of the molecule is CC(C)(C)c1ccc(-c2nnc(SCCN3C(=O)CNC3=O)n2Cc2ccccc2)cc1. The summed E-state index contributed by atoms with van der Waals surface area (Å²) in [5.74, 6) is 1.16. The molecule has 0 spiro atoms. The summed E-state index contributed by atoms with van der Waals surface area (Å²) in [7, 11) is 0. The van der Waals surface area contributed by atoms with Crippen LogP contribution in [0.15, 0.2) is 59.8 Å². The molecule has 0 atom stereocenters. The number of hydrogen-bond acceptors (Lipinski definition) is 5. The third-order valence-corrected chi connectivity index (χ3v) is 6.34. The van der Waals surface area contributed by atoms with Crippen molar-refractivity contribution >= 4 is 23.7 Å². The molecular weight excluding hydrogens is 422 g/mol. The lowest BCUT2D eigenvalue weighted by molar-refractivity contribution is -0.124. The number of rotatable bonds is 7. The van der Waals surface area contributed by atoms with Crippen molar-refractivity contribution in [2.45, 2.75) is 37.9 Å². The minimum atomic E-state index is -0.332. The smallest absolute Gasteiger partial charge is 0.324 e. The molecule has 2 heterocycles. The molecule has 1 aromatic heterocycles. The zero-order chi connectivity index (χ0) is 22.7. The number of amides is 3. The van der Waals surface area contributed by atoms with E-state index in [0.717, 1.165) is 22.1 Å². The van der Waals surface area contributed by atoms with Crippen molar-refractivity contribution in [3.05, 3.63) is 65.7 Å². The van der Waals surface area contributed by atoms with Gasteiger partial charge in [0.2, 0.25) is 5.91 Å². The molecule has 0 aliphatic carbocycles. The van der Waals surface area contributed by atoms with Gasteiger partial charge in [0.15, 0.2) is 11.0 Å². The largest absolute Gasteiger partial charge is 0.329 e. The molecule has 7 nitrogen and oxygen atoms in total. The van der Waals surface area contributed by atoms with Crippen LogP contribution in [0.3, 0.4) is 0 Å². The zero-order valence-electron chi connectivity index (χ0n) is 18.5. The lowest BCUT2D eigenvalue weighted by atomic mass is 9.87. The van der Waals surface area contributed by atoms with Crippen LogP contribution in [-0.4, -0.2) is 50.4 Å². The standard InChI is InChI=1S/C24H27N5O2S/c1-24(2,3)19-11-9-18(10-12-19)21-26-27-23(29(21)16-17-7-5-4-6-8-17)32-14-13-28-20(30)15-25-22(28)31/h4-12H,13-16H2,1-3H3,(H,25,31). The van der Waals surface area contributed by atoms with E-state index in [1.54, 1.807) is 0 Å². The number of imide groups is 1. The summed E-state index contributed by atoms with van der Waals surface area (Å²) < 4.78 is 2.10. The van der Waals surface area contributed by atoms with Crippen LogP contribution >= 0.6 is 11.8 Å². The van der Waals surface area contributed by atoms with E-state index in [-0.39, 0.29) is 23.9 Å². The van der Waals surface area contributed by atoms with E-state index in [2.05, 4.69) is 77.3 Å². The fraction of sp³-hybridized carbons (Fsp3) is 0.333. The Balaban J connectivity index is 1.58. The number of thioether (sulfide) groups is 1. The van der Waals surface area contributed by atoms with E-state index in [1.165, 1.54) is 22.2 Å². The Morgan fingerprint density at radius 3 is 2.34 bits per heavy atom. The molecule has 1 aliphatic rings. The number of aromatic nitrogens is 3. The maximum absolute atomic E-state index is 11.8. The summed E-state index contributed by atoms with van der Waals surface area (Å²) in [6.07, 6.45) is 0. The van der Waals surface area contributed by atoms with Crippen LogP contribution in [0.4, 0.5) is 4.79 Å². The molecule has 1 N–H and O–H groups in total. The van der Waals surface area contributed by atoms with Crippen LogP contribution < -0.4 is 5.32 Å². The van der Waals surface area contributed by atoms with Gasteiger partial charge in [0, 0.05) is 17.9 Å². The molecule has 1 fully saturated rings. The van der Waals surface area contributed by atoms with Gasteiger partial charge in [0.25, 0.3) is 0 Å². The number of urea groups is 1. The van der Waals surface area contributed by atoms with Crippen molar-refractivity contribution in [3.63, 3.8) is 0 Å². The Morgan fingerprint density at radius 1 is 1.00 bits per heavy atom. The fourth-order valence-electron chi connectivity index (χ4n) is 3.55. The Labute approximate surface area is 192 Å². The zero-order valence-corrected chi connectivity index (χ0v) is 19.4. The Bertz CT molecular complexity index is 1090. The highest BCUT2D eigenvalue weighted by molar-refractivity contribution is 7.99. The summed E-state index contributed by atoms with van der Waals surface area (Å²) in [5.41, 5.74) is 3.49. The van der Waals surface area contributed by atoms with Gasteiger partial charge >= 0.3 is 6.03 Å². The first-order chi connectivity index (χ1) is 15.3. The third kappa shape index (κ3) is 4.85. The maximum Gasteiger partial charge on any atom is 0.324 e. The molecule has 2 aromatic carbocycles. The Hall–Kier alpha value is -3.13. The minimum absolute atomic E-state index is 0.0718. The molecule has 8 heteroatoms. The lowest BCUT2D eigenvalue weighted by Crippen LogP contribution is -2.32. The second-order valence-corrected chi connectivity index (χ2v) is 9.82. The molecule has 1 aliphatic heterocycles. The first-order valence-corrected chi connectivity index (χ1v) is 11.6. The Kier molecular flexibility index (Phi) is 6.32. The van der Waals surface area contributed by atoms with Crippen LogP contribution in [-0.2, 0) is 16.8 Å². The summed E-state index contributed by atoms with van der Waals surface area (Å²) in [6, 6.07) is 18.3. The van der Waals surface area contributed by atoms with E-state index in [1.807, 2.05) is 18.2 Å². The van der Waals surface area contributed by atoms with Gasteiger partial charge in [0.1, 0.15) is 0 Å². The minimum Gasteiger partial charge on any atom is -0.329 e. The summed E-state index contributed by atoms with van der Waals surface area (Å²) in [4.78, 5) is 24.8. The molecule has 166 valence electrons. The van der Waals surface area contributed by atoms with Gasteiger partial charge in [-0.15, -0.1) is 10.2 Å². The van der Waals surface area contributed by atoms with Crippen molar-refractivity contribution < 1.29 is 9.59 Å². The van der Waals surface area contributed by atoms with Crippen molar-refractivity contribution in [3.8, 4) is 11.4 Å². The molecule has 32 heavy (non-hydrogen) atoms. The second kappa shape index (κ2) is 9.16. The fourth-order valence-corrected chi connectivity index (χ4v) is 4.41. The average Bonchev–Trinajstić information content (AvgIpc) is 3.31. The van der Waals surface area contributed by atoms with Gasteiger partial charge < -0.3 is 5.32 Å². The Morgan fingerprint density at radius 2 is 1.72 bits per heavy atom. The quantitative estimate of drug-likeness (QED) is 0.437. The van der Waals surface area contributed by atoms with Crippen LogP contribution in [0.1, 0.15) is 31.9 Å². The molecule has 3 aromatic rings. The highest BCUT2D eigenvalue weighted by Gasteiger charge is 2.28. The van der Waals surface area contributed by atoms with E-state index in [4.69, 9.17) is 0 Å². The molecule has 4 rings (SSSR count). The van der Waals surface area contributed by atoms with E-state index >= 15 is 0 Å². The summed E-state index contributed by atoms with van der Waals surface area (Å²) in [6.45, 7) is 7.63. The number of nitrogens with zero attached hydrogens (tertiary/aromatic N) is 4. The topological polar surface area (TPSA) is 80.1 Å². The number of nitrogens with one attached hydrogen (secondary N) is 1. The summed E-state index contributed by atoms with van der Waals surface area (Å²) >= 11 is 1.50. The molecule has 1 saturated heterocycles. The second-order valence-electron chi connectivity index (χ2n) is 8.76. The van der Waals surface area contributed by atoms with Gasteiger partial charge in [-0.2, -0.15) is 0 Å². The van der Waals surface area contributed by atoms with Gasteiger partial charge in [0.05, 0.1) is 13.1 Å². The van der Waals surface area contributed by atoms with Gasteiger partial charge in [-0.3, -0.25) is 14.3 Å². The molecular formula is C24H27N5O2S. The average molecular weight is 450 g/mol. The number of carbonyl (C=O) groups excluding carboxylic acids is 2. The van der Waals surface area contributed by atoms with E-state index in [0.29, 0.717) is 18.8 Å². The van der Waals surface area contributed by atoms with Crippen LogP contribution in [0, 0.1) is 0 Å². The van der Waals surface area contributed by atoms with Crippen molar-refractivity contribution in [1.82, 2.24) is 25.0 Å². The number of benzene rings is 2. The van der Waals surface area contributed by atoms with Gasteiger partial charge in [-0.05, 0) is 16.5 Å². The van der Waals surface area contributed by atoms with Gasteiger partial charge in [-0.1, -0.05) is 87.1 Å². The molecule has 0 saturated carbocycles. The van der Waals surface area contributed by atoms with Crippen LogP contribution in [0.25, 0.3) is 11.4 Å². The van der Waals surface area contributed by atoms with E-state index in [9.17, 15) is 9.59 Å². The monoisotopic (exact) mass is 449 g/mol. The summed E-state index contributed by atoms with van der Waals surface area (Å²) in [5, 5.41) is 12.2. The van der Waals surface area contributed by atoms with Gasteiger partial charge in [-0.25, -0.2) is 4.79 Å². The predicted molar refractivity (Wildman–Crippen MR) is 126 cm³/mol. The van der Waals surface area contributed by atoms with Crippen molar-refractivity contribution in [2.75, 3.05) is 18.8 Å². The maximum atomic E-state index is 11.8. The first-order valence-electron chi connectivity index (χ1n) is 10.6. The highest BCUT2D eigenvalue weighted by atomic mass is 32.2.